The topological polar surface area (TPSA) is 126 Å². The predicted octanol–water partition coefficient (Wildman–Crippen LogP) is 0.478. The molecule has 2 rings (SSSR count). The summed E-state index contributed by atoms with van der Waals surface area (Å²) in [6, 6.07) is 5.68. The van der Waals surface area contributed by atoms with Crippen LogP contribution in [0.4, 0.5) is 0 Å². The number of benzene rings is 1. The van der Waals surface area contributed by atoms with Crippen LogP contribution in [0.5, 0.6) is 11.5 Å². The third-order valence-electron chi connectivity index (χ3n) is 3.86. The molecule has 1 aliphatic heterocycles. The smallest absolute Gasteiger partial charge is 0.330 e. The van der Waals surface area contributed by atoms with Crippen molar-refractivity contribution in [3.05, 3.63) is 36.4 Å². The first-order valence-electron chi connectivity index (χ1n) is 8.41. The van der Waals surface area contributed by atoms with Crippen LogP contribution in [-0.2, 0) is 14.3 Å². The molecule has 5 atom stereocenters. The van der Waals surface area contributed by atoms with E-state index in [-0.39, 0.29) is 18.1 Å². The second-order valence-corrected chi connectivity index (χ2v) is 5.95. The Kier molecular flexibility index (Phi) is 7.40. The number of phenolic OH excluding ortho intramolecular Hbond substituents is 1. The number of aliphatic hydroxyl groups excluding tert-OH is 3. The first kappa shape index (κ1) is 20.2. The molecule has 1 heterocycles. The van der Waals surface area contributed by atoms with Crippen molar-refractivity contribution in [2.24, 2.45) is 0 Å². The van der Waals surface area contributed by atoms with Crippen molar-refractivity contribution >= 4 is 5.97 Å². The number of unbranched alkanes of at least 4 members (excludes halogenated alkanes) is 1. The molecule has 1 saturated heterocycles. The lowest BCUT2D eigenvalue weighted by Crippen LogP contribution is -2.60. The molecule has 0 amide bonds. The number of aliphatic hydroxyl groups is 3. The quantitative estimate of drug-likeness (QED) is 0.404. The highest BCUT2D eigenvalue weighted by molar-refractivity contribution is 5.81. The Morgan fingerprint density at radius 2 is 1.85 bits per heavy atom. The van der Waals surface area contributed by atoms with E-state index >= 15 is 0 Å². The minimum atomic E-state index is -1.54. The van der Waals surface area contributed by atoms with Gasteiger partial charge in [-0.3, -0.25) is 0 Å². The largest absolute Gasteiger partial charge is 0.508 e. The number of ether oxygens (including phenoxy) is 3. The van der Waals surface area contributed by atoms with Crippen molar-refractivity contribution in [1.82, 2.24) is 0 Å². The Hall–Kier alpha value is -2.13. The fourth-order valence-electron chi connectivity index (χ4n) is 2.37. The summed E-state index contributed by atoms with van der Waals surface area (Å²) >= 11 is 0. The molecule has 0 spiro atoms. The maximum atomic E-state index is 11.6. The fourth-order valence-corrected chi connectivity index (χ4v) is 2.37. The van der Waals surface area contributed by atoms with Gasteiger partial charge >= 0.3 is 5.97 Å². The third-order valence-corrected chi connectivity index (χ3v) is 3.86. The number of aromatic hydroxyl groups is 1. The number of esters is 1. The molecule has 0 bridgehead atoms. The lowest BCUT2D eigenvalue weighted by atomic mass is 9.99. The SMILES string of the molecule is CCC/C=C/C(=O)OC[C@H]1O[C@@H](Oc2ccc(O)cc2)[C@H](O)[C@@H](O)[C@@H]1O. The van der Waals surface area contributed by atoms with Crippen LogP contribution in [0.2, 0.25) is 0 Å². The zero-order chi connectivity index (χ0) is 19.1. The van der Waals surface area contributed by atoms with Crippen LogP contribution in [0.15, 0.2) is 36.4 Å². The molecule has 8 nitrogen and oxygen atoms in total. The average molecular weight is 368 g/mol. The van der Waals surface area contributed by atoms with Crippen molar-refractivity contribution in [2.75, 3.05) is 6.61 Å². The van der Waals surface area contributed by atoms with Gasteiger partial charge in [-0.1, -0.05) is 19.4 Å². The average Bonchev–Trinajstić information content (AvgIpc) is 2.63. The molecular weight excluding hydrogens is 344 g/mol. The van der Waals surface area contributed by atoms with Gasteiger partial charge in [-0.05, 0) is 30.7 Å². The molecule has 4 N–H and O–H groups in total. The Morgan fingerprint density at radius 1 is 1.15 bits per heavy atom. The van der Waals surface area contributed by atoms with E-state index in [9.17, 15) is 25.2 Å². The van der Waals surface area contributed by atoms with Crippen LogP contribution in [0.3, 0.4) is 0 Å². The van der Waals surface area contributed by atoms with Crippen molar-refractivity contribution in [3.8, 4) is 11.5 Å². The van der Waals surface area contributed by atoms with Gasteiger partial charge in [0.1, 0.15) is 42.5 Å². The Balaban J connectivity index is 1.96. The predicted molar refractivity (Wildman–Crippen MR) is 90.4 cm³/mol. The number of rotatable bonds is 7. The summed E-state index contributed by atoms with van der Waals surface area (Å²) in [4.78, 5) is 11.6. The summed E-state index contributed by atoms with van der Waals surface area (Å²) in [6.07, 6.45) is -2.24. The first-order valence-corrected chi connectivity index (χ1v) is 8.41. The number of hydrogen-bond donors (Lipinski definition) is 4. The lowest BCUT2D eigenvalue weighted by Gasteiger charge is -2.39. The molecule has 0 radical (unpaired) electrons. The first-order chi connectivity index (χ1) is 12.4. The van der Waals surface area contributed by atoms with Gasteiger partial charge in [-0.25, -0.2) is 4.79 Å². The molecule has 1 aromatic rings. The molecule has 8 heteroatoms. The van der Waals surface area contributed by atoms with E-state index in [1.54, 1.807) is 6.08 Å². The van der Waals surface area contributed by atoms with Crippen LogP contribution < -0.4 is 4.74 Å². The highest BCUT2D eigenvalue weighted by Crippen LogP contribution is 2.25. The summed E-state index contributed by atoms with van der Waals surface area (Å²) in [7, 11) is 0. The second-order valence-electron chi connectivity index (χ2n) is 5.95. The lowest BCUT2D eigenvalue weighted by molar-refractivity contribution is -0.278. The maximum absolute atomic E-state index is 11.6. The summed E-state index contributed by atoms with van der Waals surface area (Å²) in [5, 5.41) is 39.3. The summed E-state index contributed by atoms with van der Waals surface area (Å²) in [6.45, 7) is 1.67. The summed E-state index contributed by atoms with van der Waals surface area (Å²) < 4.78 is 15.9. The van der Waals surface area contributed by atoms with Crippen LogP contribution in [0.25, 0.3) is 0 Å². The van der Waals surface area contributed by atoms with Crippen molar-refractivity contribution in [3.63, 3.8) is 0 Å². The highest BCUT2D eigenvalue weighted by atomic mass is 16.7. The number of carbonyl (C=O) groups is 1. The van der Waals surface area contributed by atoms with Crippen molar-refractivity contribution in [1.29, 1.82) is 0 Å². The normalized spacial score (nSPS) is 28.8. The van der Waals surface area contributed by atoms with Crippen molar-refractivity contribution in [2.45, 2.75) is 50.5 Å². The second kappa shape index (κ2) is 9.54. The molecule has 26 heavy (non-hydrogen) atoms. The molecule has 0 aliphatic carbocycles. The Bertz CT molecular complexity index is 600. The van der Waals surface area contributed by atoms with Crippen molar-refractivity contribution < 1.29 is 39.4 Å². The van der Waals surface area contributed by atoms with Crippen LogP contribution in [0, 0.1) is 0 Å². The maximum Gasteiger partial charge on any atom is 0.330 e. The number of carbonyl (C=O) groups excluding carboxylic acids is 1. The van der Waals surface area contributed by atoms with Gasteiger partial charge in [0, 0.05) is 6.08 Å². The van der Waals surface area contributed by atoms with E-state index in [1.165, 1.54) is 30.3 Å². The van der Waals surface area contributed by atoms with E-state index in [0.29, 0.717) is 0 Å². The van der Waals surface area contributed by atoms with Crippen LogP contribution in [0.1, 0.15) is 19.8 Å². The molecule has 144 valence electrons. The molecule has 1 aromatic carbocycles. The molecule has 0 unspecified atom stereocenters. The van der Waals surface area contributed by atoms with Gasteiger partial charge in [0.15, 0.2) is 0 Å². The molecular formula is C18H24O8. The number of phenols is 1. The summed E-state index contributed by atoms with van der Waals surface area (Å²) in [5.41, 5.74) is 0. The summed E-state index contributed by atoms with van der Waals surface area (Å²) in [5.74, 6) is -0.265. The van der Waals surface area contributed by atoms with E-state index in [0.717, 1.165) is 12.8 Å². The van der Waals surface area contributed by atoms with Gasteiger partial charge in [-0.15, -0.1) is 0 Å². The van der Waals surface area contributed by atoms with E-state index in [1.807, 2.05) is 6.92 Å². The monoisotopic (exact) mass is 368 g/mol. The molecule has 1 fully saturated rings. The Morgan fingerprint density at radius 3 is 2.50 bits per heavy atom. The zero-order valence-electron chi connectivity index (χ0n) is 14.4. The number of allylic oxidation sites excluding steroid dienone is 1. The fraction of sp³-hybridized carbons (Fsp3) is 0.500. The molecule has 1 aliphatic rings. The minimum Gasteiger partial charge on any atom is -0.508 e. The van der Waals surface area contributed by atoms with E-state index in [4.69, 9.17) is 14.2 Å². The standard InChI is InChI=1S/C18H24O8/c1-2-3-4-5-14(20)24-10-13-15(21)16(22)17(23)18(26-13)25-12-8-6-11(19)7-9-12/h4-9,13,15-19,21-23H,2-3,10H2,1H3/b5-4+/t13-,15-,16+,17-,18-/m1/s1. The van der Waals surface area contributed by atoms with Gasteiger partial charge in [-0.2, -0.15) is 0 Å². The van der Waals surface area contributed by atoms with Gasteiger partial charge in [0.05, 0.1) is 0 Å². The third kappa shape index (κ3) is 5.43. The zero-order valence-corrected chi connectivity index (χ0v) is 14.4. The number of hydrogen-bond acceptors (Lipinski definition) is 8. The molecule has 0 saturated carbocycles. The van der Waals surface area contributed by atoms with E-state index < -0.39 is 36.7 Å². The van der Waals surface area contributed by atoms with E-state index in [2.05, 4.69) is 0 Å². The van der Waals surface area contributed by atoms with Crippen LogP contribution >= 0.6 is 0 Å². The van der Waals surface area contributed by atoms with Crippen LogP contribution in [-0.4, -0.2) is 63.7 Å². The highest BCUT2D eigenvalue weighted by Gasteiger charge is 2.45. The Labute approximate surface area is 151 Å². The molecule has 0 aromatic heterocycles. The van der Waals surface area contributed by atoms with Gasteiger partial charge in [0.25, 0.3) is 0 Å². The van der Waals surface area contributed by atoms with Gasteiger partial charge in [0.2, 0.25) is 6.29 Å². The minimum absolute atomic E-state index is 0.0406. The van der Waals surface area contributed by atoms with Gasteiger partial charge < -0.3 is 34.6 Å².